The summed E-state index contributed by atoms with van der Waals surface area (Å²) in [7, 11) is 0. The highest BCUT2D eigenvalue weighted by Crippen LogP contribution is 2.38. The first-order chi connectivity index (χ1) is 11.1. The standard InChI is InChI=1S/C15H22N4O4/c16-12(20)8-11-9-19(6-7-22-11)14(21)3-1-2-13-17-15(18-23-13)10-4-5-10/h10-11H,1-9H2,(H2,16,20). The molecule has 1 aromatic heterocycles. The van der Waals surface area contributed by atoms with Crippen molar-refractivity contribution in [1.29, 1.82) is 0 Å². The molecular weight excluding hydrogens is 300 g/mol. The van der Waals surface area contributed by atoms with Crippen LogP contribution in [0, 0.1) is 0 Å². The molecule has 3 rings (SSSR count). The second-order valence-electron chi connectivity index (χ2n) is 6.18. The summed E-state index contributed by atoms with van der Waals surface area (Å²) in [5.41, 5.74) is 5.17. The van der Waals surface area contributed by atoms with E-state index in [0.717, 1.165) is 18.7 Å². The van der Waals surface area contributed by atoms with Gasteiger partial charge < -0.3 is 19.9 Å². The minimum atomic E-state index is -0.410. The summed E-state index contributed by atoms with van der Waals surface area (Å²) in [6.45, 7) is 1.42. The highest BCUT2D eigenvalue weighted by atomic mass is 16.5. The van der Waals surface area contributed by atoms with Gasteiger partial charge in [0.05, 0.1) is 19.1 Å². The number of carbonyl (C=O) groups excluding carboxylic acids is 2. The average Bonchev–Trinajstić information content (AvgIpc) is 3.26. The molecule has 1 atom stereocenters. The minimum absolute atomic E-state index is 0.0599. The van der Waals surface area contributed by atoms with Gasteiger partial charge in [0.15, 0.2) is 5.82 Å². The van der Waals surface area contributed by atoms with Crippen molar-refractivity contribution in [3.8, 4) is 0 Å². The van der Waals surface area contributed by atoms with E-state index in [9.17, 15) is 9.59 Å². The summed E-state index contributed by atoms with van der Waals surface area (Å²) in [4.78, 5) is 29.3. The van der Waals surface area contributed by atoms with Crippen molar-refractivity contribution >= 4 is 11.8 Å². The van der Waals surface area contributed by atoms with Crippen molar-refractivity contribution in [2.45, 2.75) is 50.5 Å². The zero-order valence-corrected chi connectivity index (χ0v) is 13.1. The van der Waals surface area contributed by atoms with Crippen LogP contribution in [0.3, 0.4) is 0 Å². The Morgan fingerprint density at radius 2 is 2.17 bits per heavy atom. The predicted molar refractivity (Wildman–Crippen MR) is 79.3 cm³/mol. The summed E-state index contributed by atoms with van der Waals surface area (Å²) < 4.78 is 10.6. The number of aryl methyl sites for hydroxylation is 1. The molecule has 1 saturated heterocycles. The molecule has 8 nitrogen and oxygen atoms in total. The molecule has 1 aliphatic heterocycles. The predicted octanol–water partition coefficient (Wildman–Crippen LogP) is 0.372. The van der Waals surface area contributed by atoms with Crippen molar-refractivity contribution in [2.75, 3.05) is 19.7 Å². The third-order valence-corrected chi connectivity index (χ3v) is 4.13. The van der Waals surface area contributed by atoms with Gasteiger partial charge in [-0.1, -0.05) is 5.16 Å². The normalized spacial score (nSPS) is 21.4. The fourth-order valence-electron chi connectivity index (χ4n) is 2.72. The van der Waals surface area contributed by atoms with Crippen LogP contribution >= 0.6 is 0 Å². The third kappa shape index (κ3) is 4.51. The number of hydrogen-bond acceptors (Lipinski definition) is 6. The number of nitrogens with zero attached hydrogens (tertiary/aromatic N) is 3. The fourth-order valence-corrected chi connectivity index (χ4v) is 2.72. The molecule has 2 heterocycles. The van der Waals surface area contributed by atoms with E-state index in [4.69, 9.17) is 15.0 Å². The average molecular weight is 322 g/mol. The van der Waals surface area contributed by atoms with E-state index in [1.54, 1.807) is 4.90 Å². The molecule has 126 valence electrons. The summed E-state index contributed by atoms with van der Waals surface area (Å²) in [5, 5.41) is 3.96. The lowest BCUT2D eigenvalue weighted by Crippen LogP contribution is -2.46. The zero-order valence-electron chi connectivity index (χ0n) is 13.1. The maximum Gasteiger partial charge on any atom is 0.226 e. The van der Waals surface area contributed by atoms with Crippen LogP contribution in [0.15, 0.2) is 4.52 Å². The van der Waals surface area contributed by atoms with Crippen molar-refractivity contribution in [3.63, 3.8) is 0 Å². The molecule has 2 amide bonds. The lowest BCUT2D eigenvalue weighted by molar-refractivity contribution is -0.141. The van der Waals surface area contributed by atoms with Crippen molar-refractivity contribution in [3.05, 3.63) is 11.7 Å². The van der Waals surface area contributed by atoms with Gasteiger partial charge >= 0.3 is 0 Å². The number of amides is 2. The van der Waals surface area contributed by atoms with Crippen LogP contribution in [-0.2, 0) is 20.7 Å². The molecule has 1 aromatic rings. The topological polar surface area (TPSA) is 112 Å². The molecule has 0 radical (unpaired) electrons. The van der Waals surface area contributed by atoms with Crippen molar-refractivity contribution < 1.29 is 18.8 Å². The number of hydrogen-bond donors (Lipinski definition) is 1. The molecule has 8 heteroatoms. The summed E-state index contributed by atoms with van der Waals surface area (Å²) in [5.74, 6) is 1.53. The van der Waals surface area contributed by atoms with E-state index >= 15 is 0 Å². The summed E-state index contributed by atoms with van der Waals surface area (Å²) in [6, 6.07) is 0. The Balaban J connectivity index is 1.40. The van der Waals surface area contributed by atoms with E-state index in [1.807, 2.05) is 0 Å². The number of aromatic nitrogens is 2. The smallest absolute Gasteiger partial charge is 0.226 e. The van der Waals surface area contributed by atoms with Crippen LogP contribution in [0.4, 0.5) is 0 Å². The van der Waals surface area contributed by atoms with Crippen LogP contribution in [-0.4, -0.2) is 52.7 Å². The highest BCUT2D eigenvalue weighted by Gasteiger charge is 2.29. The Bertz CT molecular complexity index is 570. The minimum Gasteiger partial charge on any atom is -0.374 e. The second kappa shape index (κ2) is 7.08. The molecule has 2 fully saturated rings. The van der Waals surface area contributed by atoms with Crippen LogP contribution in [0.1, 0.15) is 49.7 Å². The quantitative estimate of drug-likeness (QED) is 0.776. The van der Waals surface area contributed by atoms with E-state index in [-0.39, 0.29) is 18.4 Å². The molecule has 0 bridgehead atoms. The molecule has 0 spiro atoms. The van der Waals surface area contributed by atoms with E-state index in [1.165, 1.54) is 0 Å². The Morgan fingerprint density at radius 3 is 2.91 bits per heavy atom. The molecule has 1 saturated carbocycles. The SMILES string of the molecule is NC(=O)CC1CN(C(=O)CCCc2nc(C3CC3)no2)CCO1. The number of nitrogens with two attached hydrogens (primary N) is 1. The largest absolute Gasteiger partial charge is 0.374 e. The Kier molecular flexibility index (Phi) is 4.90. The zero-order chi connectivity index (χ0) is 16.2. The first kappa shape index (κ1) is 15.9. The van der Waals surface area contributed by atoms with Gasteiger partial charge in [0, 0.05) is 31.8 Å². The van der Waals surface area contributed by atoms with E-state index < -0.39 is 5.91 Å². The van der Waals surface area contributed by atoms with Gasteiger partial charge in [-0.3, -0.25) is 9.59 Å². The second-order valence-corrected chi connectivity index (χ2v) is 6.18. The lowest BCUT2D eigenvalue weighted by Gasteiger charge is -2.32. The molecule has 1 aliphatic carbocycles. The van der Waals surface area contributed by atoms with Crippen LogP contribution in [0.5, 0.6) is 0 Å². The molecular formula is C15H22N4O4. The van der Waals surface area contributed by atoms with Crippen LogP contribution < -0.4 is 5.73 Å². The van der Waals surface area contributed by atoms with Gasteiger partial charge in [-0.2, -0.15) is 4.98 Å². The lowest BCUT2D eigenvalue weighted by atomic mass is 10.1. The molecule has 2 N–H and O–H groups in total. The van der Waals surface area contributed by atoms with Crippen LogP contribution in [0.2, 0.25) is 0 Å². The Labute approximate surface area is 134 Å². The Morgan fingerprint density at radius 1 is 1.35 bits per heavy atom. The summed E-state index contributed by atoms with van der Waals surface area (Å²) >= 11 is 0. The van der Waals surface area contributed by atoms with Gasteiger partial charge in [0.1, 0.15) is 0 Å². The van der Waals surface area contributed by atoms with Gasteiger partial charge in [-0.15, -0.1) is 0 Å². The molecule has 2 aliphatic rings. The molecule has 1 unspecified atom stereocenters. The van der Waals surface area contributed by atoms with Crippen LogP contribution in [0.25, 0.3) is 0 Å². The number of morpholine rings is 1. The summed E-state index contributed by atoms with van der Waals surface area (Å²) in [6.07, 6.45) is 3.84. The highest BCUT2D eigenvalue weighted by molar-refractivity contribution is 5.77. The monoisotopic (exact) mass is 322 g/mol. The van der Waals surface area contributed by atoms with Gasteiger partial charge in [-0.05, 0) is 19.3 Å². The van der Waals surface area contributed by atoms with E-state index in [2.05, 4.69) is 10.1 Å². The maximum absolute atomic E-state index is 12.2. The Hall–Kier alpha value is -1.96. The number of rotatable bonds is 7. The van der Waals surface area contributed by atoms with Gasteiger partial charge in [-0.25, -0.2) is 0 Å². The molecule has 23 heavy (non-hydrogen) atoms. The number of ether oxygens (including phenoxy) is 1. The first-order valence-corrected chi connectivity index (χ1v) is 8.12. The fraction of sp³-hybridized carbons (Fsp3) is 0.733. The van der Waals surface area contributed by atoms with Crippen molar-refractivity contribution in [2.24, 2.45) is 5.73 Å². The first-order valence-electron chi connectivity index (χ1n) is 8.12. The van der Waals surface area contributed by atoms with Crippen molar-refractivity contribution in [1.82, 2.24) is 15.0 Å². The number of carbonyl (C=O) groups is 2. The molecule has 0 aromatic carbocycles. The van der Waals surface area contributed by atoms with E-state index in [0.29, 0.717) is 50.8 Å². The van der Waals surface area contributed by atoms with Gasteiger partial charge in [0.25, 0.3) is 0 Å². The van der Waals surface area contributed by atoms with Gasteiger partial charge in [0.2, 0.25) is 17.7 Å². The third-order valence-electron chi connectivity index (χ3n) is 4.13. The maximum atomic E-state index is 12.2. The number of primary amides is 1.